The van der Waals surface area contributed by atoms with Gasteiger partial charge >= 0.3 is 0 Å². The molecule has 2 aliphatic heterocycles. The first-order valence-electron chi connectivity index (χ1n) is 7.37. The van der Waals surface area contributed by atoms with E-state index in [9.17, 15) is 4.79 Å². The highest BCUT2D eigenvalue weighted by atomic mass is 16.5. The van der Waals surface area contributed by atoms with Crippen LogP contribution in [0, 0.1) is 5.92 Å². The van der Waals surface area contributed by atoms with Crippen LogP contribution in [0.1, 0.15) is 31.0 Å². The number of aromatic nitrogens is 2. The van der Waals surface area contributed by atoms with Crippen molar-refractivity contribution in [2.24, 2.45) is 11.7 Å². The number of amides is 1. The van der Waals surface area contributed by atoms with Gasteiger partial charge in [0.15, 0.2) is 0 Å². The van der Waals surface area contributed by atoms with Crippen molar-refractivity contribution in [2.75, 3.05) is 26.3 Å². The zero-order chi connectivity index (χ0) is 13.9. The van der Waals surface area contributed by atoms with Crippen LogP contribution in [-0.4, -0.2) is 46.7 Å². The number of likely N-dealkylation sites (tertiary alicyclic amines) is 1. The predicted octanol–water partition coefficient (Wildman–Crippen LogP) is 0.542. The minimum Gasteiger partial charge on any atom is -0.381 e. The highest BCUT2D eigenvalue weighted by Crippen LogP contribution is 2.26. The maximum Gasteiger partial charge on any atom is 0.242 e. The van der Waals surface area contributed by atoms with E-state index >= 15 is 0 Å². The minimum atomic E-state index is -0.105. The molecule has 0 saturated carbocycles. The molecule has 3 rings (SSSR count). The molecule has 0 radical (unpaired) electrons. The Balaban J connectivity index is 1.67. The lowest BCUT2D eigenvalue weighted by atomic mass is 9.97. The summed E-state index contributed by atoms with van der Waals surface area (Å²) in [5, 5.41) is 0. The van der Waals surface area contributed by atoms with Gasteiger partial charge < -0.3 is 19.9 Å². The molecule has 0 spiro atoms. The van der Waals surface area contributed by atoms with E-state index in [1.165, 1.54) is 0 Å². The van der Waals surface area contributed by atoms with Crippen molar-refractivity contribution >= 4 is 5.91 Å². The van der Waals surface area contributed by atoms with Crippen LogP contribution in [-0.2, 0) is 16.1 Å². The fraction of sp³-hybridized carbons (Fsp3) is 0.714. The first-order chi connectivity index (χ1) is 9.75. The number of rotatable bonds is 4. The Bertz CT molecular complexity index is 461. The average Bonchev–Trinajstić information content (AvgIpc) is 3.20. The van der Waals surface area contributed by atoms with Crippen molar-refractivity contribution in [3.8, 4) is 0 Å². The van der Waals surface area contributed by atoms with E-state index in [2.05, 4.69) is 4.98 Å². The van der Waals surface area contributed by atoms with E-state index in [0.29, 0.717) is 19.1 Å². The van der Waals surface area contributed by atoms with Gasteiger partial charge in [-0.25, -0.2) is 4.98 Å². The largest absolute Gasteiger partial charge is 0.381 e. The Morgan fingerprint density at radius 1 is 1.50 bits per heavy atom. The number of carbonyl (C=O) groups excluding carboxylic acids is 1. The van der Waals surface area contributed by atoms with Crippen molar-refractivity contribution in [1.82, 2.24) is 14.5 Å². The molecule has 110 valence electrons. The summed E-state index contributed by atoms with van der Waals surface area (Å²) < 4.78 is 7.29. The monoisotopic (exact) mass is 278 g/mol. The first kappa shape index (κ1) is 13.6. The third-order valence-electron chi connectivity index (χ3n) is 4.32. The SMILES string of the molecule is NC(c1cncn1CC(=O)N1CCCC1)C1CCOC1. The molecule has 0 aliphatic carbocycles. The molecule has 3 heterocycles. The van der Waals surface area contributed by atoms with Crippen LogP contribution in [0.25, 0.3) is 0 Å². The van der Waals surface area contributed by atoms with Crippen molar-refractivity contribution in [3.63, 3.8) is 0 Å². The van der Waals surface area contributed by atoms with Crippen molar-refractivity contribution in [1.29, 1.82) is 0 Å². The van der Waals surface area contributed by atoms with E-state index in [1.807, 2.05) is 9.47 Å². The number of nitrogens with zero attached hydrogens (tertiary/aromatic N) is 3. The fourth-order valence-corrected chi connectivity index (χ4v) is 3.03. The second-order valence-corrected chi connectivity index (χ2v) is 5.68. The molecule has 20 heavy (non-hydrogen) atoms. The molecule has 2 saturated heterocycles. The number of hydrogen-bond acceptors (Lipinski definition) is 4. The Kier molecular flexibility index (Phi) is 4.03. The van der Waals surface area contributed by atoms with Crippen molar-refractivity contribution in [2.45, 2.75) is 31.8 Å². The van der Waals surface area contributed by atoms with Crippen LogP contribution in [0.3, 0.4) is 0 Å². The topological polar surface area (TPSA) is 73.4 Å². The molecule has 2 N–H and O–H groups in total. The second kappa shape index (κ2) is 5.93. The summed E-state index contributed by atoms with van der Waals surface area (Å²) in [6.07, 6.45) is 6.69. The van der Waals surface area contributed by atoms with Gasteiger partial charge in [-0.1, -0.05) is 0 Å². The molecule has 2 atom stereocenters. The van der Waals surface area contributed by atoms with E-state index in [0.717, 1.165) is 44.7 Å². The maximum atomic E-state index is 12.2. The highest BCUT2D eigenvalue weighted by molar-refractivity contribution is 5.76. The van der Waals surface area contributed by atoms with Gasteiger partial charge in [-0.2, -0.15) is 0 Å². The molecule has 2 aliphatic rings. The Morgan fingerprint density at radius 2 is 2.30 bits per heavy atom. The quantitative estimate of drug-likeness (QED) is 0.872. The molecule has 1 aromatic heterocycles. The van der Waals surface area contributed by atoms with Crippen LogP contribution < -0.4 is 5.73 Å². The molecular formula is C14H22N4O2. The number of ether oxygens (including phenoxy) is 1. The van der Waals surface area contributed by atoms with Crippen LogP contribution >= 0.6 is 0 Å². The molecule has 0 aromatic carbocycles. The molecule has 1 aromatic rings. The standard InChI is InChI=1S/C14H22N4O2/c15-14(11-3-6-20-9-11)12-7-16-10-18(12)8-13(19)17-4-1-2-5-17/h7,10-11,14H,1-6,8-9,15H2. The van der Waals surface area contributed by atoms with Gasteiger partial charge in [0.05, 0.1) is 24.7 Å². The van der Waals surface area contributed by atoms with Gasteiger partial charge in [0.25, 0.3) is 0 Å². The van der Waals surface area contributed by atoms with Gasteiger partial charge in [-0.3, -0.25) is 4.79 Å². The Morgan fingerprint density at radius 3 is 3.00 bits per heavy atom. The summed E-state index contributed by atoms with van der Waals surface area (Å²) in [7, 11) is 0. The van der Waals surface area contributed by atoms with Crippen LogP contribution in [0.5, 0.6) is 0 Å². The lowest BCUT2D eigenvalue weighted by molar-refractivity contribution is -0.130. The molecule has 6 nitrogen and oxygen atoms in total. The number of hydrogen-bond donors (Lipinski definition) is 1. The molecule has 6 heteroatoms. The summed E-state index contributed by atoms with van der Waals surface area (Å²) in [4.78, 5) is 18.3. The molecular weight excluding hydrogens is 256 g/mol. The molecule has 0 bridgehead atoms. The maximum absolute atomic E-state index is 12.2. The van der Waals surface area contributed by atoms with Crippen molar-refractivity contribution < 1.29 is 9.53 Å². The van der Waals surface area contributed by atoms with Crippen LogP contribution in [0.2, 0.25) is 0 Å². The minimum absolute atomic E-state index is 0.105. The van der Waals surface area contributed by atoms with Gasteiger partial charge in [0.2, 0.25) is 5.91 Å². The Hall–Kier alpha value is -1.40. The zero-order valence-electron chi connectivity index (χ0n) is 11.7. The van der Waals surface area contributed by atoms with E-state index in [4.69, 9.17) is 10.5 Å². The summed E-state index contributed by atoms with van der Waals surface area (Å²) >= 11 is 0. The normalized spacial score (nSPS) is 24.2. The van der Waals surface area contributed by atoms with Gasteiger partial charge in [-0.05, 0) is 19.3 Å². The van der Waals surface area contributed by atoms with Crippen LogP contribution in [0.4, 0.5) is 0 Å². The number of carbonyl (C=O) groups is 1. The van der Waals surface area contributed by atoms with Crippen LogP contribution in [0.15, 0.2) is 12.5 Å². The molecule has 2 unspecified atom stereocenters. The third kappa shape index (κ3) is 2.71. The average molecular weight is 278 g/mol. The van der Waals surface area contributed by atoms with E-state index < -0.39 is 0 Å². The predicted molar refractivity (Wildman–Crippen MR) is 73.9 cm³/mol. The lowest BCUT2D eigenvalue weighted by Gasteiger charge is -2.21. The van der Waals surface area contributed by atoms with Gasteiger partial charge in [0, 0.05) is 31.8 Å². The summed E-state index contributed by atoms with van der Waals surface area (Å²) in [5.41, 5.74) is 7.25. The summed E-state index contributed by atoms with van der Waals surface area (Å²) in [5.74, 6) is 0.490. The summed E-state index contributed by atoms with van der Waals surface area (Å²) in [6.45, 7) is 3.58. The molecule has 1 amide bonds. The number of imidazole rings is 1. The zero-order valence-corrected chi connectivity index (χ0v) is 11.7. The highest BCUT2D eigenvalue weighted by Gasteiger charge is 2.27. The van der Waals surface area contributed by atoms with E-state index in [-0.39, 0.29) is 11.9 Å². The number of nitrogens with two attached hydrogens (primary N) is 1. The third-order valence-corrected chi connectivity index (χ3v) is 4.32. The second-order valence-electron chi connectivity index (χ2n) is 5.68. The fourth-order valence-electron chi connectivity index (χ4n) is 3.03. The first-order valence-corrected chi connectivity index (χ1v) is 7.37. The van der Waals surface area contributed by atoms with Crippen molar-refractivity contribution in [3.05, 3.63) is 18.2 Å². The Labute approximate surface area is 118 Å². The lowest BCUT2D eigenvalue weighted by Crippen LogP contribution is -2.32. The smallest absolute Gasteiger partial charge is 0.242 e. The molecule has 2 fully saturated rings. The van der Waals surface area contributed by atoms with E-state index in [1.54, 1.807) is 12.5 Å². The van der Waals surface area contributed by atoms with Gasteiger partial charge in [0.1, 0.15) is 6.54 Å². The summed E-state index contributed by atoms with van der Waals surface area (Å²) in [6, 6.07) is -0.105. The van der Waals surface area contributed by atoms with Gasteiger partial charge in [-0.15, -0.1) is 0 Å².